The highest BCUT2D eigenvalue weighted by Gasteiger charge is 2.04. The van der Waals surface area contributed by atoms with Gasteiger partial charge in [-0.3, -0.25) is 0 Å². The van der Waals surface area contributed by atoms with E-state index in [0.717, 1.165) is 10.4 Å². The average Bonchev–Trinajstić information content (AvgIpc) is 2.46. The average molecular weight is 190 g/mol. The lowest BCUT2D eigenvalue weighted by atomic mass is 10.3. The summed E-state index contributed by atoms with van der Waals surface area (Å²) in [6, 6.07) is 7.43. The number of oxazole rings is 1. The van der Waals surface area contributed by atoms with Crippen molar-refractivity contribution in [2.75, 3.05) is 0 Å². The summed E-state index contributed by atoms with van der Waals surface area (Å²) in [6.07, 6.45) is 0.205. The molecule has 2 aromatic rings. The Bertz CT molecular complexity index is 484. The SMILES string of the molecule is N#CCc1nc2ccc(S)cc2o1. The van der Waals surface area contributed by atoms with E-state index in [-0.39, 0.29) is 6.42 Å². The molecule has 0 spiro atoms. The first-order chi connectivity index (χ1) is 6.29. The van der Waals surface area contributed by atoms with Gasteiger partial charge in [-0.2, -0.15) is 5.26 Å². The van der Waals surface area contributed by atoms with E-state index in [1.165, 1.54) is 0 Å². The van der Waals surface area contributed by atoms with Crippen LogP contribution >= 0.6 is 12.6 Å². The molecular weight excluding hydrogens is 184 g/mol. The van der Waals surface area contributed by atoms with Gasteiger partial charge in [0.25, 0.3) is 0 Å². The van der Waals surface area contributed by atoms with E-state index in [9.17, 15) is 0 Å². The molecule has 4 heteroatoms. The maximum absolute atomic E-state index is 8.43. The van der Waals surface area contributed by atoms with Crippen LogP contribution in [0.3, 0.4) is 0 Å². The van der Waals surface area contributed by atoms with Crippen LogP contribution in [-0.4, -0.2) is 4.98 Å². The van der Waals surface area contributed by atoms with Gasteiger partial charge in [0, 0.05) is 4.90 Å². The van der Waals surface area contributed by atoms with Crippen LogP contribution in [0, 0.1) is 11.3 Å². The summed E-state index contributed by atoms with van der Waals surface area (Å²) in [5.74, 6) is 0.455. The van der Waals surface area contributed by atoms with Crippen molar-refractivity contribution >= 4 is 23.7 Å². The number of rotatable bonds is 1. The molecule has 64 valence electrons. The molecule has 1 aromatic heterocycles. The highest BCUT2D eigenvalue weighted by Crippen LogP contribution is 2.19. The third kappa shape index (κ3) is 1.51. The van der Waals surface area contributed by atoms with Gasteiger partial charge in [-0.25, -0.2) is 4.98 Å². The van der Waals surface area contributed by atoms with Crippen molar-refractivity contribution in [1.82, 2.24) is 4.98 Å². The third-order valence-corrected chi connectivity index (χ3v) is 1.92. The van der Waals surface area contributed by atoms with Gasteiger partial charge >= 0.3 is 0 Å². The largest absolute Gasteiger partial charge is 0.440 e. The van der Waals surface area contributed by atoms with Gasteiger partial charge in [0.05, 0.1) is 6.07 Å². The van der Waals surface area contributed by atoms with E-state index in [1.54, 1.807) is 6.07 Å². The number of fused-ring (bicyclic) bond motifs is 1. The van der Waals surface area contributed by atoms with Gasteiger partial charge < -0.3 is 4.42 Å². The molecule has 0 aliphatic rings. The zero-order chi connectivity index (χ0) is 9.26. The molecule has 0 N–H and O–H groups in total. The predicted molar refractivity (Wildman–Crippen MR) is 50.6 cm³/mol. The number of aromatic nitrogens is 1. The Morgan fingerprint density at radius 1 is 1.54 bits per heavy atom. The molecule has 0 saturated heterocycles. The Balaban J connectivity index is 2.57. The Morgan fingerprint density at radius 2 is 2.38 bits per heavy atom. The summed E-state index contributed by atoms with van der Waals surface area (Å²) in [7, 11) is 0. The van der Waals surface area contributed by atoms with Crippen molar-refractivity contribution in [2.24, 2.45) is 0 Å². The summed E-state index contributed by atoms with van der Waals surface area (Å²) in [6.45, 7) is 0. The Morgan fingerprint density at radius 3 is 3.15 bits per heavy atom. The molecule has 0 bridgehead atoms. The minimum atomic E-state index is 0.205. The van der Waals surface area contributed by atoms with Gasteiger partial charge in [0.15, 0.2) is 5.58 Å². The summed E-state index contributed by atoms with van der Waals surface area (Å²) in [4.78, 5) is 4.95. The standard InChI is InChI=1S/C9H6N2OS/c10-4-3-9-11-7-2-1-6(13)5-8(7)12-9/h1-2,5,13H,3H2. The number of hydrogen-bond acceptors (Lipinski definition) is 4. The smallest absolute Gasteiger partial charge is 0.209 e. The molecule has 0 amide bonds. The van der Waals surface area contributed by atoms with Gasteiger partial charge in [-0.05, 0) is 18.2 Å². The Hall–Kier alpha value is -1.47. The molecule has 0 atom stereocenters. The summed E-state index contributed by atoms with van der Waals surface area (Å²) in [5, 5.41) is 8.43. The minimum Gasteiger partial charge on any atom is -0.440 e. The highest BCUT2D eigenvalue weighted by molar-refractivity contribution is 7.80. The van der Waals surface area contributed by atoms with Crippen molar-refractivity contribution in [1.29, 1.82) is 5.26 Å². The maximum atomic E-state index is 8.43. The van der Waals surface area contributed by atoms with Gasteiger partial charge in [0.2, 0.25) is 5.89 Å². The quantitative estimate of drug-likeness (QED) is 0.701. The molecule has 0 unspecified atom stereocenters. The molecule has 0 aliphatic heterocycles. The van der Waals surface area contributed by atoms with Crippen molar-refractivity contribution in [3.05, 3.63) is 24.1 Å². The lowest BCUT2D eigenvalue weighted by Crippen LogP contribution is -1.77. The molecule has 0 saturated carbocycles. The molecular formula is C9H6N2OS. The van der Waals surface area contributed by atoms with Crippen molar-refractivity contribution < 1.29 is 4.42 Å². The summed E-state index contributed by atoms with van der Waals surface area (Å²) in [5.41, 5.74) is 1.45. The van der Waals surface area contributed by atoms with Gasteiger partial charge in [0.1, 0.15) is 11.9 Å². The minimum absolute atomic E-state index is 0.205. The Kier molecular flexibility index (Phi) is 1.95. The molecule has 0 radical (unpaired) electrons. The second kappa shape index (κ2) is 3.11. The lowest BCUT2D eigenvalue weighted by molar-refractivity contribution is 0.548. The van der Waals surface area contributed by atoms with E-state index in [0.29, 0.717) is 11.5 Å². The number of nitriles is 1. The Labute approximate surface area is 80.4 Å². The molecule has 13 heavy (non-hydrogen) atoms. The first kappa shape index (κ1) is 8.14. The molecule has 3 nitrogen and oxygen atoms in total. The monoisotopic (exact) mass is 190 g/mol. The fourth-order valence-corrected chi connectivity index (χ4v) is 1.30. The first-order valence-electron chi connectivity index (χ1n) is 3.75. The molecule has 0 aliphatic carbocycles. The van der Waals surface area contributed by atoms with Crippen molar-refractivity contribution in [3.63, 3.8) is 0 Å². The number of benzene rings is 1. The van der Waals surface area contributed by atoms with Crippen LogP contribution in [0.15, 0.2) is 27.5 Å². The summed E-state index contributed by atoms with van der Waals surface area (Å²) >= 11 is 4.17. The predicted octanol–water partition coefficient (Wildman–Crippen LogP) is 2.18. The van der Waals surface area contributed by atoms with E-state index >= 15 is 0 Å². The van der Waals surface area contributed by atoms with Crippen LogP contribution in [-0.2, 0) is 6.42 Å². The first-order valence-corrected chi connectivity index (χ1v) is 4.20. The zero-order valence-electron chi connectivity index (χ0n) is 6.69. The van der Waals surface area contributed by atoms with E-state index in [1.807, 2.05) is 18.2 Å². The van der Waals surface area contributed by atoms with Crippen LogP contribution in [0.5, 0.6) is 0 Å². The fourth-order valence-electron chi connectivity index (χ4n) is 1.10. The molecule has 0 fully saturated rings. The van der Waals surface area contributed by atoms with E-state index in [2.05, 4.69) is 17.6 Å². The van der Waals surface area contributed by atoms with Crippen LogP contribution < -0.4 is 0 Å². The second-order valence-corrected chi connectivity index (χ2v) is 3.11. The normalized spacial score (nSPS) is 10.2. The number of nitrogens with zero attached hydrogens (tertiary/aromatic N) is 2. The van der Waals surface area contributed by atoms with E-state index in [4.69, 9.17) is 9.68 Å². The highest BCUT2D eigenvalue weighted by atomic mass is 32.1. The van der Waals surface area contributed by atoms with E-state index < -0.39 is 0 Å². The number of hydrogen-bond donors (Lipinski definition) is 1. The van der Waals surface area contributed by atoms with Gasteiger partial charge in [-0.1, -0.05) is 0 Å². The molecule has 2 rings (SSSR count). The van der Waals surface area contributed by atoms with Crippen molar-refractivity contribution in [3.8, 4) is 6.07 Å². The zero-order valence-corrected chi connectivity index (χ0v) is 7.58. The van der Waals surface area contributed by atoms with Crippen LogP contribution in [0.2, 0.25) is 0 Å². The van der Waals surface area contributed by atoms with Gasteiger partial charge in [-0.15, -0.1) is 12.6 Å². The number of thiol groups is 1. The second-order valence-electron chi connectivity index (χ2n) is 2.59. The van der Waals surface area contributed by atoms with Crippen LogP contribution in [0.25, 0.3) is 11.1 Å². The van der Waals surface area contributed by atoms with Crippen molar-refractivity contribution in [2.45, 2.75) is 11.3 Å². The van der Waals surface area contributed by atoms with Crippen LogP contribution in [0.1, 0.15) is 5.89 Å². The lowest BCUT2D eigenvalue weighted by Gasteiger charge is -1.87. The maximum Gasteiger partial charge on any atom is 0.209 e. The molecule has 1 aromatic carbocycles. The fraction of sp³-hybridized carbons (Fsp3) is 0.111. The van der Waals surface area contributed by atoms with Crippen LogP contribution in [0.4, 0.5) is 0 Å². The molecule has 1 heterocycles. The summed E-state index contributed by atoms with van der Waals surface area (Å²) < 4.78 is 5.31. The third-order valence-electron chi connectivity index (χ3n) is 1.65. The topological polar surface area (TPSA) is 49.8 Å².